The van der Waals surface area contributed by atoms with Crippen LogP contribution in [0.4, 0.5) is 4.39 Å². The lowest BCUT2D eigenvalue weighted by Gasteiger charge is -2.36. The molecule has 1 heterocycles. The van der Waals surface area contributed by atoms with Crippen LogP contribution in [-0.4, -0.2) is 33.9 Å². The van der Waals surface area contributed by atoms with Crippen molar-refractivity contribution in [3.8, 4) is 5.75 Å². The van der Waals surface area contributed by atoms with Gasteiger partial charge in [0.15, 0.2) is 0 Å². The SMILES string of the molecule is C[C@@H](NC1=CNCN1[C@H]1CC[C@@H](O)CC1)c1cc(F)ccc1O. The number of phenols is 1. The lowest BCUT2D eigenvalue weighted by atomic mass is 9.92. The number of aliphatic hydroxyl groups excluding tert-OH is 1. The van der Waals surface area contributed by atoms with Gasteiger partial charge >= 0.3 is 0 Å². The second-order valence-corrected chi connectivity index (χ2v) is 6.39. The van der Waals surface area contributed by atoms with E-state index in [9.17, 15) is 14.6 Å². The van der Waals surface area contributed by atoms with Gasteiger partial charge in [-0.05, 0) is 50.8 Å². The number of phenolic OH excluding ortho intramolecular Hbond substituents is 1. The Hall–Kier alpha value is -1.95. The van der Waals surface area contributed by atoms with Crippen LogP contribution in [0, 0.1) is 5.82 Å². The molecule has 4 N–H and O–H groups in total. The Morgan fingerprint density at radius 1 is 1.30 bits per heavy atom. The van der Waals surface area contributed by atoms with Crippen LogP contribution in [0.3, 0.4) is 0 Å². The first-order chi connectivity index (χ1) is 11.0. The minimum atomic E-state index is -0.358. The zero-order valence-corrected chi connectivity index (χ0v) is 13.3. The molecular formula is C17H24FN3O2. The molecule has 5 nitrogen and oxygen atoms in total. The molecule has 0 unspecified atom stereocenters. The van der Waals surface area contributed by atoms with E-state index in [-0.39, 0.29) is 23.7 Å². The summed E-state index contributed by atoms with van der Waals surface area (Å²) in [6.07, 6.45) is 5.31. The van der Waals surface area contributed by atoms with Gasteiger partial charge in [-0.25, -0.2) is 4.39 Å². The average molecular weight is 321 g/mol. The summed E-state index contributed by atoms with van der Waals surface area (Å²) in [5, 5.41) is 26.2. The highest BCUT2D eigenvalue weighted by Crippen LogP contribution is 2.29. The molecule has 3 rings (SSSR count). The Bertz CT molecular complexity index is 585. The summed E-state index contributed by atoms with van der Waals surface area (Å²) >= 11 is 0. The van der Waals surface area contributed by atoms with Crippen LogP contribution >= 0.6 is 0 Å². The van der Waals surface area contributed by atoms with Gasteiger partial charge in [0.05, 0.1) is 18.8 Å². The maximum atomic E-state index is 13.4. The highest BCUT2D eigenvalue weighted by molar-refractivity contribution is 5.35. The van der Waals surface area contributed by atoms with Crippen molar-refractivity contribution in [1.29, 1.82) is 0 Å². The van der Waals surface area contributed by atoms with E-state index >= 15 is 0 Å². The summed E-state index contributed by atoms with van der Waals surface area (Å²) in [4.78, 5) is 2.25. The molecule has 1 saturated carbocycles. The predicted molar refractivity (Wildman–Crippen MR) is 85.8 cm³/mol. The van der Waals surface area contributed by atoms with Crippen molar-refractivity contribution in [3.05, 3.63) is 41.6 Å². The summed E-state index contributed by atoms with van der Waals surface area (Å²) in [5.74, 6) is 0.677. The van der Waals surface area contributed by atoms with Crippen molar-refractivity contribution in [2.75, 3.05) is 6.67 Å². The number of nitrogens with one attached hydrogen (secondary N) is 2. The zero-order chi connectivity index (χ0) is 16.4. The summed E-state index contributed by atoms with van der Waals surface area (Å²) in [5.41, 5.74) is 0.539. The third-order valence-electron chi connectivity index (χ3n) is 4.74. The minimum Gasteiger partial charge on any atom is -0.508 e. The maximum absolute atomic E-state index is 13.4. The molecule has 1 atom stereocenters. The molecule has 0 aromatic heterocycles. The lowest BCUT2D eigenvalue weighted by Crippen LogP contribution is -2.42. The number of halogens is 1. The van der Waals surface area contributed by atoms with E-state index in [4.69, 9.17) is 0 Å². The Labute approximate surface area is 135 Å². The highest BCUT2D eigenvalue weighted by Gasteiger charge is 2.29. The second kappa shape index (κ2) is 6.66. The second-order valence-electron chi connectivity index (χ2n) is 6.39. The number of hydrogen-bond donors (Lipinski definition) is 4. The fraction of sp³-hybridized carbons (Fsp3) is 0.529. The van der Waals surface area contributed by atoms with E-state index in [1.54, 1.807) is 0 Å². The van der Waals surface area contributed by atoms with E-state index < -0.39 is 0 Å². The van der Waals surface area contributed by atoms with Gasteiger partial charge in [-0.15, -0.1) is 0 Å². The van der Waals surface area contributed by atoms with Crippen LogP contribution in [0.25, 0.3) is 0 Å². The number of benzene rings is 1. The molecule has 1 aliphatic carbocycles. The number of rotatable bonds is 4. The standard InChI is InChI=1S/C17H24FN3O2/c1-11(15-8-12(18)2-7-16(15)23)20-17-9-19-10-21(17)13-3-5-14(22)6-4-13/h2,7-9,11,13-14,19-20,22-23H,3-6,10H2,1H3/t11-,13-,14+/m1/s1. The Balaban J connectivity index is 1.67. The third kappa shape index (κ3) is 3.52. The fourth-order valence-electron chi connectivity index (χ4n) is 3.40. The molecule has 1 aromatic rings. The van der Waals surface area contributed by atoms with E-state index in [0.29, 0.717) is 11.6 Å². The van der Waals surface area contributed by atoms with Crippen LogP contribution in [0.15, 0.2) is 30.2 Å². The molecule has 0 saturated heterocycles. The van der Waals surface area contributed by atoms with Gasteiger partial charge < -0.3 is 25.7 Å². The van der Waals surface area contributed by atoms with Crippen molar-refractivity contribution in [1.82, 2.24) is 15.5 Å². The van der Waals surface area contributed by atoms with E-state index in [2.05, 4.69) is 15.5 Å². The van der Waals surface area contributed by atoms with Crippen molar-refractivity contribution in [2.24, 2.45) is 0 Å². The molecule has 1 fully saturated rings. The minimum absolute atomic E-state index is 0.0882. The van der Waals surface area contributed by atoms with Gasteiger partial charge in [0, 0.05) is 17.8 Å². The summed E-state index contributed by atoms with van der Waals surface area (Å²) in [6, 6.07) is 4.16. The van der Waals surface area contributed by atoms with Crippen molar-refractivity contribution in [3.63, 3.8) is 0 Å². The van der Waals surface area contributed by atoms with Gasteiger partial charge in [-0.2, -0.15) is 0 Å². The van der Waals surface area contributed by atoms with Crippen molar-refractivity contribution < 1.29 is 14.6 Å². The number of aliphatic hydroxyl groups is 1. The van der Waals surface area contributed by atoms with Crippen molar-refractivity contribution in [2.45, 2.75) is 50.8 Å². The average Bonchev–Trinajstić information content (AvgIpc) is 2.98. The summed E-state index contributed by atoms with van der Waals surface area (Å²) < 4.78 is 13.4. The van der Waals surface area contributed by atoms with Gasteiger partial charge in [-0.3, -0.25) is 0 Å². The molecule has 1 aromatic carbocycles. The summed E-state index contributed by atoms with van der Waals surface area (Å²) in [7, 11) is 0. The smallest absolute Gasteiger partial charge is 0.123 e. The monoisotopic (exact) mass is 321 g/mol. The van der Waals surface area contributed by atoms with Gasteiger partial charge in [0.1, 0.15) is 17.4 Å². The number of aromatic hydroxyl groups is 1. The van der Waals surface area contributed by atoms with Crippen LogP contribution in [0.2, 0.25) is 0 Å². The van der Waals surface area contributed by atoms with E-state index in [0.717, 1.165) is 38.2 Å². The van der Waals surface area contributed by atoms with Crippen LogP contribution in [-0.2, 0) is 0 Å². The summed E-state index contributed by atoms with van der Waals surface area (Å²) in [6.45, 7) is 2.63. The molecule has 0 spiro atoms. The molecule has 0 radical (unpaired) electrons. The molecule has 6 heteroatoms. The van der Waals surface area contributed by atoms with E-state index in [1.807, 2.05) is 13.1 Å². The van der Waals surface area contributed by atoms with Crippen LogP contribution in [0.1, 0.15) is 44.2 Å². The topological polar surface area (TPSA) is 67.8 Å². The maximum Gasteiger partial charge on any atom is 0.123 e. The van der Waals surface area contributed by atoms with E-state index in [1.165, 1.54) is 18.2 Å². The Morgan fingerprint density at radius 3 is 2.78 bits per heavy atom. The predicted octanol–water partition coefficient (Wildman–Crippen LogP) is 2.15. The number of nitrogens with zero attached hydrogens (tertiary/aromatic N) is 1. The van der Waals surface area contributed by atoms with Crippen LogP contribution in [0.5, 0.6) is 5.75 Å². The third-order valence-corrected chi connectivity index (χ3v) is 4.74. The van der Waals surface area contributed by atoms with Crippen molar-refractivity contribution >= 4 is 0 Å². The molecule has 126 valence electrons. The van der Waals surface area contributed by atoms with Gasteiger partial charge in [0.2, 0.25) is 0 Å². The molecule has 0 amide bonds. The largest absolute Gasteiger partial charge is 0.508 e. The van der Waals surface area contributed by atoms with Gasteiger partial charge in [0.25, 0.3) is 0 Å². The zero-order valence-electron chi connectivity index (χ0n) is 13.3. The van der Waals surface area contributed by atoms with Crippen LogP contribution < -0.4 is 10.6 Å². The highest BCUT2D eigenvalue weighted by atomic mass is 19.1. The Morgan fingerprint density at radius 2 is 2.04 bits per heavy atom. The molecule has 0 bridgehead atoms. The molecule has 2 aliphatic rings. The fourth-order valence-corrected chi connectivity index (χ4v) is 3.40. The number of hydrogen-bond acceptors (Lipinski definition) is 5. The normalized spacial score (nSPS) is 25.7. The molecule has 23 heavy (non-hydrogen) atoms. The molecule has 1 aliphatic heterocycles. The quantitative estimate of drug-likeness (QED) is 0.684. The first-order valence-electron chi connectivity index (χ1n) is 8.18. The molecular weight excluding hydrogens is 297 g/mol. The lowest BCUT2D eigenvalue weighted by molar-refractivity contribution is 0.0861. The Kier molecular flexibility index (Phi) is 4.61. The first kappa shape index (κ1) is 15.9. The first-order valence-corrected chi connectivity index (χ1v) is 8.18. The van der Waals surface area contributed by atoms with Gasteiger partial charge in [-0.1, -0.05) is 0 Å².